The van der Waals surface area contributed by atoms with E-state index >= 15 is 0 Å². The predicted molar refractivity (Wildman–Crippen MR) is 100 cm³/mol. The van der Waals surface area contributed by atoms with Crippen molar-refractivity contribution in [3.63, 3.8) is 0 Å². The molecule has 3 N–H and O–H groups in total. The maximum absolute atomic E-state index is 11.4. The van der Waals surface area contributed by atoms with Crippen LogP contribution in [0.15, 0.2) is 60.7 Å². The normalized spacial score (nSPS) is 22.0. The lowest BCUT2D eigenvalue weighted by Gasteiger charge is -2.25. The fourth-order valence-corrected chi connectivity index (χ4v) is 4.54. The van der Waals surface area contributed by atoms with Gasteiger partial charge in [0.25, 0.3) is 0 Å². The summed E-state index contributed by atoms with van der Waals surface area (Å²) in [5, 5.41) is 9.37. The van der Waals surface area contributed by atoms with E-state index in [9.17, 15) is 9.90 Å². The lowest BCUT2D eigenvalue weighted by atomic mass is 9.81. The van der Waals surface area contributed by atoms with Crippen LogP contribution in [0.1, 0.15) is 30.4 Å². The van der Waals surface area contributed by atoms with Gasteiger partial charge < -0.3 is 10.8 Å². The van der Waals surface area contributed by atoms with Gasteiger partial charge in [-0.05, 0) is 60.6 Å². The summed E-state index contributed by atoms with van der Waals surface area (Å²) < 4.78 is 0. The number of rotatable bonds is 7. The molecule has 3 rings (SSSR count). The summed E-state index contributed by atoms with van der Waals surface area (Å²) in [6.45, 7) is 0.454. The third kappa shape index (κ3) is 4.49. The average Bonchev–Trinajstić information content (AvgIpc) is 2.93. The fourth-order valence-electron chi connectivity index (χ4n) is 4.54. The molecule has 2 aromatic rings. The predicted octanol–water partition coefficient (Wildman–Crippen LogP) is 3.92. The smallest absolute Gasteiger partial charge is 0.303 e. The fraction of sp³-hybridized carbons (Fsp3) is 0.409. The third-order valence-electron chi connectivity index (χ3n) is 5.70. The van der Waals surface area contributed by atoms with Crippen LogP contribution in [0, 0.1) is 17.3 Å². The van der Waals surface area contributed by atoms with E-state index in [1.54, 1.807) is 0 Å². The molecule has 0 unspecified atom stereocenters. The Morgan fingerprint density at radius 2 is 1.36 bits per heavy atom. The Morgan fingerprint density at radius 3 is 1.72 bits per heavy atom. The standard InChI is InChI=1S/C22H27NO2/c23-16-22(15-21(24)25)13-19(11-17-7-3-1-4-8-17)20(14-22)12-18-9-5-2-6-10-18/h1-10,19-20H,11-16,23H2,(H,24,25)/t19-,20-/m1/s1. The molecule has 2 aromatic carbocycles. The molecule has 0 heterocycles. The van der Waals surface area contributed by atoms with Crippen molar-refractivity contribution in [2.75, 3.05) is 6.54 Å². The van der Waals surface area contributed by atoms with Crippen LogP contribution < -0.4 is 5.73 Å². The van der Waals surface area contributed by atoms with Gasteiger partial charge in [-0.25, -0.2) is 0 Å². The monoisotopic (exact) mass is 337 g/mol. The van der Waals surface area contributed by atoms with E-state index < -0.39 is 5.97 Å². The quantitative estimate of drug-likeness (QED) is 0.805. The molecule has 132 valence electrons. The van der Waals surface area contributed by atoms with Gasteiger partial charge >= 0.3 is 5.97 Å². The van der Waals surface area contributed by atoms with Crippen molar-refractivity contribution < 1.29 is 9.90 Å². The van der Waals surface area contributed by atoms with Gasteiger partial charge in [0.1, 0.15) is 0 Å². The number of carboxylic acid groups (broad SMARTS) is 1. The van der Waals surface area contributed by atoms with Crippen molar-refractivity contribution in [1.82, 2.24) is 0 Å². The second kappa shape index (κ2) is 7.83. The summed E-state index contributed by atoms with van der Waals surface area (Å²) in [6, 6.07) is 21.0. The van der Waals surface area contributed by atoms with E-state index in [0.29, 0.717) is 18.4 Å². The molecule has 0 spiro atoms. The number of carboxylic acids is 1. The molecule has 1 saturated carbocycles. The van der Waals surface area contributed by atoms with E-state index in [4.69, 9.17) is 5.73 Å². The summed E-state index contributed by atoms with van der Waals surface area (Å²) in [4.78, 5) is 11.4. The first kappa shape index (κ1) is 17.7. The van der Waals surface area contributed by atoms with Gasteiger partial charge in [-0.15, -0.1) is 0 Å². The van der Waals surface area contributed by atoms with Crippen LogP contribution >= 0.6 is 0 Å². The number of hydrogen-bond donors (Lipinski definition) is 2. The van der Waals surface area contributed by atoms with Crippen molar-refractivity contribution in [2.24, 2.45) is 23.0 Å². The minimum absolute atomic E-state index is 0.181. The number of nitrogens with two attached hydrogens (primary N) is 1. The van der Waals surface area contributed by atoms with Gasteiger partial charge in [0.05, 0.1) is 6.42 Å². The Kier molecular flexibility index (Phi) is 5.54. The molecule has 1 aliphatic carbocycles. The summed E-state index contributed by atoms with van der Waals surface area (Å²) in [7, 11) is 0. The van der Waals surface area contributed by atoms with E-state index in [1.165, 1.54) is 11.1 Å². The second-order valence-electron chi connectivity index (χ2n) is 7.58. The SMILES string of the molecule is NCC1(CC(=O)O)C[C@@H](Cc2ccccc2)[C@H](Cc2ccccc2)C1. The van der Waals surface area contributed by atoms with Crippen LogP contribution in [0.3, 0.4) is 0 Å². The molecule has 1 fully saturated rings. The molecule has 25 heavy (non-hydrogen) atoms. The van der Waals surface area contributed by atoms with Gasteiger partial charge in [-0.1, -0.05) is 60.7 Å². The molecule has 0 bridgehead atoms. The Morgan fingerprint density at radius 1 is 0.920 bits per heavy atom. The van der Waals surface area contributed by atoms with Crippen LogP contribution in [0.4, 0.5) is 0 Å². The first-order valence-electron chi connectivity index (χ1n) is 9.10. The summed E-state index contributed by atoms with van der Waals surface area (Å²) in [5.41, 5.74) is 8.46. The van der Waals surface area contributed by atoms with Crippen LogP contribution in [-0.2, 0) is 17.6 Å². The molecule has 2 atom stereocenters. The number of benzene rings is 2. The third-order valence-corrected chi connectivity index (χ3v) is 5.70. The first-order valence-corrected chi connectivity index (χ1v) is 9.10. The molecular formula is C22H27NO2. The largest absolute Gasteiger partial charge is 0.481 e. The Hall–Kier alpha value is -2.13. The molecule has 3 heteroatoms. The highest BCUT2D eigenvalue weighted by atomic mass is 16.4. The van der Waals surface area contributed by atoms with Crippen molar-refractivity contribution in [3.8, 4) is 0 Å². The Balaban J connectivity index is 1.81. The maximum Gasteiger partial charge on any atom is 0.303 e. The molecule has 0 aromatic heterocycles. The number of aliphatic carboxylic acids is 1. The van der Waals surface area contributed by atoms with Gasteiger partial charge in [0.15, 0.2) is 0 Å². The Bertz CT molecular complexity index is 634. The van der Waals surface area contributed by atoms with E-state index in [0.717, 1.165) is 25.7 Å². The summed E-state index contributed by atoms with van der Waals surface area (Å²) >= 11 is 0. The van der Waals surface area contributed by atoms with Crippen LogP contribution in [0.5, 0.6) is 0 Å². The topological polar surface area (TPSA) is 63.3 Å². The van der Waals surface area contributed by atoms with E-state index in [1.807, 2.05) is 12.1 Å². The van der Waals surface area contributed by atoms with Crippen LogP contribution in [0.25, 0.3) is 0 Å². The highest BCUT2D eigenvalue weighted by Gasteiger charge is 2.45. The molecule has 0 saturated heterocycles. The van der Waals surface area contributed by atoms with Gasteiger partial charge in [-0.3, -0.25) is 4.79 Å². The lowest BCUT2D eigenvalue weighted by molar-refractivity contribution is -0.139. The minimum Gasteiger partial charge on any atom is -0.481 e. The molecule has 0 amide bonds. The number of carbonyl (C=O) groups is 1. The minimum atomic E-state index is -0.732. The van der Waals surface area contributed by atoms with Crippen LogP contribution in [0.2, 0.25) is 0 Å². The van der Waals surface area contributed by atoms with Crippen LogP contribution in [-0.4, -0.2) is 17.6 Å². The molecule has 1 aliphatic rings. The van der Waals surface area contributed by atoms with Crippen molar-refractivity contribution in [3.05, 3.63) is 71.8 Å². The zero-order valence-corrected chi connectivity index (χ0v) is 14.6. The maximum atomic E-state index is 11.4. The zero-order valence-electron chi connectivity index (χ0n) is 14.6. The Labute approximate surface area is 149 Å². The molecule has 3 nitrogen and oxygen atoms in total. The average molecular weight is 337 g/mol. The van der Waals surface area contributed by atoms with Gasteiger partial charge in [-0.2, -0.15) is 0 Å². The summed E-state index contributed by atoms with van der Waals surface area (Å²) in [6.07, 6.45) is 3.99. The van der Waals surface area contributed by atoms with E-state index in [2.05, 4.69) is 48.5 Å². The lowest BCUT2D eigenvalue weighted by Crippen LogP contribution is -2.31. The van der Waals surface area contributed by atoms with Gasteiger partial charge in [0, 0.05) is 0 Å². The van der Waals surface area contributed by atoms with Gasteiger partial charge in [0.2, 0.25) is 0 Å². The number of hydrogen-bond acceptors (Lipinski definition) is 2. The molecular weight excluding hydrogens is 310 g/mol. The highest BCUT2D eigenvalue weighted by molar-refractivity contribution is 5.67. The first-order chi connectivity index (χ1) is 12.1. The van der Waals surface area contributed by atoms with Crippen molar-refractivity contribution in [1.29, 1.82) is 0 Å². The van der Waals surface area contributed by atoms with Crippen molar-refractivity contribution in [2.45, 2.75) is 32.1 Å². The van der Waals surface area contributed by atoms with Crippen molar-refractivity contribution >= 4 is 5.97 Å². The van der Waals surface area contributed by atoms with E-state index in [-0.39, 0.29) is 11.8 Å². The summed E-state index contributed by atoms with van der Waals surface area (Å²) in [5.74, 6) is 0.222. The highest BCUT2D eigenvalue weighted by Crippen LogP contribution is 2.49. The molecule has 0 aliphatic heterocycles. The zero-order chi connectivity index (χ0) is 17.7. The second-order valence-corrected chi connectivity index (χ2v) is 7.58. The molecule has 0 radical (unpaired) electrons.